The van der Waals surface area contributed by atoms with E-state index in [-0.39, 0.29) is 16.9 Å². The van der Waals surface area contributed by atoms with Crippen LogP contribution in [0.3, 0.4) is 0 Å². The van der Waals surface area contributed by atoms with Gasteiger partial charge in [0, 0.05) is 7.05 Å². The Kier molecular flexibility index (Phi) is 2.61. The Labute approximate surface area is 73.1 Å². The SMILES string of the molecule is CNNc1nc(Cl)nc(N)c1F. The zero-order valence-electron chi connectivity index (χ0n) is 6.23. The summed E-state index contributed by atoms with van der Waals surface area (Å²) >= 11 is 5.42. The first-order valence-electron chi connectivity index (χ1n) is 3.06. The maximum Gasteiger partial charge on any atom is 0.226 e. The maximum atomic E-state index is 13.0. The van der Waals surface area contributed by atoms with Gasteiger partial charge in [-0.1, -0.05) is 0 Å². The molecule has 0 aliphatic carbocycles. The van der Waals surface area contributed by atoms with Crippen LogP contribution in [-0.4, -0.2) is 17.0 Å². The van der Waals surface area contributed by atoms with E-state index in [0.717, 1.165) is 0 Å². The first-order chi connectivity index (χ1) is 5.65. The van der Waals surface area contributed by atoms with Crippen LogP contribution in [0, 0.1) is 5.82 Å². The predicted octanol–water partition coefficient (Wildman–Crippen LogP) is 0.398. The lowest BCUT2D eigenvalue weighted by molar-refractivity contribution is 0.620. The average molecular weight is 192 g/mol. The molecule has 0 aliphatic rings. The Morgan fingerprint density at radius 2 is 2.17 bits per heavy atom. The third-order valence-electron chi connectivity index (χ3n) is 1.09. The largest absolute Gasteiger partial charge is 0.381 e. The standard InChI is InChI=1S/C5H7ClFN5/c1-9-12-4-2(7)3(8)10-5(6)11-4/h9H,1H3,(H3,8,10,11,12). The molecule has 0 saturated carbocycles. The Morgan fingerprint density at radius 1 is 1.50 bits per heavy atom. The van der Waals surface area contributed by atoms with Gasteiger partial charge in [-0.15, -0.1) is 0 Å². The summed E-state index contributed by atoms with van der Waals surface area (Å²) in [6.45, 7) is 0. The van der Waals surface area contributed by atoms with Crippen LogP contribution in [0.15, 0.2) is 0 Å². The number of nitrogen functional groups attached to an aromatic ring is 1. The number of halogens is 2. The van der Waals surface area contributed by atoms with Crippen LogP contribution in [0.1, 0.15) is 0 Å². The molecular formula is C5H7ClFN5. The second kappa shape index (κ2) is 3.51. The molecule has 0 bridgehead atoms. The quantitative estimate of drug-likeness (QED) is 0.466. The number of anilines is 2. The van der Waals surface area contributed by atoms with E-state index >= 15 is 0 Å². The van der Waals surface area contributed by atoms with Gasteiger partial charge in [0.05, 0.1) is 0 Å². The van der Waals surface area contributed by atoms with E-state index in [1.54, 1.807) is 7.05 Å². The highest BCUT2D eigenvalue weighted by Crippen LogP contribution is 2.17. The molecule has 0 aromatic carbocycles. The zero-order chi connectivity index (χ0) is 9.14. The summed E-state index contributed by atoms with van der Waals surface area (Å²) in [4.78, 5) is 6.95. The van der Waals surface area contributed by atoms with Crippen molar-refractivity contribution in [3.05, 3.63) is 11.1 Å². The molecule has 1 aromatic rings. The van der Waals surface area contributed by atoms with Crippen LogP contribution in [-0.2, 0) is 0 Å². The highest BCUT2D eigenvalue weighted by molar-refractivity contribution is 6.28. The third kappa shape index (κ3) is 1.72. The average Bonchev–Trinajstić information content (AvgIpc) is 2.00. The highest BCUT2D eigenvalue weighted by Gasteiger charge is 2.09. The van der Waals surface area contributed by atoms with Crippen LogP contribution < -0.4 is 16.6 Å². The van der Waals surface area contributed by atoms with Crippen LogP contribution >= 0.6 is 11.6 Å². The summed E-state index contributed by atoms with van der Waals surface area (Å²) < 4.78 is 13.0. The van der Waals surface area contributed by atoms with Crippen molar-refractivity contribution in [2.45, 2.75) is 0 Å². The van der Waals surface area contributed by atoms with Gasteiger partial charge < -0.3 is 11.2 Å². The molecule has 0 spiro atoms. The number of nitrogens with one attached hydrogen (secondary N) is 2. The van der Waals surface area contributed by atoms with Crippen molar-refractivity contribution in [1.82, 2.24) is 15.4 Å². The number of nitrogens with zero attached hydrogens (tertiary/aromatic N) is 2. The molecule has 7 heteroatoms. The third-order valence-corrected chi connectivity index (χ3v) is 1.26. The summed E-state index contributed by atoms with van der Waals surface area (Å²) in [7, 11) is 1.56. The van der Waals surface area contributed by atoms with Crippen molar-refractivity contribution < 1.29 is 4.39 Å². The fourth-order valence-corrected chi connectivity index (χ4v) is 0.813. The molecule has 1 aromatic heterocycles. The van der Waals surface area contributed by atoms with E-state index in [2.05, 4.69) is 20.8 Å². The summed E-state index contributed by atoms with van der Waals surface area (Å²) in [5.74, 6) is -1.09. The normalized spacial score (nSPS) is 9.92. The lowest BCUT2D eigenvalue weighted by Crippen LogP contribution is -2.18. The Morgan fingerprint density at radius 3 is 2.75 bits per heavy atom. The van der Waals surface area contributed by atoms with Gasteiger partial charge in [0.2, 0.25) is 11.1 Å². The van der Waals surface area contributed by atoms with Gasteiger partial charge in [-0.2, -0.15) is 14.4 Å². The van der Waals surface area contributed by atoms with Crippen molar-refractivity contribution >= 4 is 23.2 Å². The first-order valence-corrected chi connectivity index (χ1v) is 3.44. The van der Waals surface area contributed by atoms with E-state index in [0.29, 0.717) is 0 Å². The van der Waals surface area contributed by atoms with Gasteiger partial charge in [-0.3, -0.25) is 0 Å². The molecule has 1 rings (SSSR count). The minimum atomic E-state index is -0.728. The number of hydrazine groups is 1. The highest BCUT2D eigenvalue weighted by atomic mass is 35.5. The van der Waals surface area contributed by atoms with E-state index in [9.17, 15) is 4.39 Å². The summed E-state index contributed by atoms with van der Waals surface area (Å²) in [5, 5.41) is -0.105. The molecule has 0 fully saturated rings. The van der Waals surface area contributed by atoms with Gasteiger partial charge in [-0.25, -0.2) is 5.43 Å². The van der Waals surface area contributed by atoms with E-state index in [1.165, 1.54) is 0 Å². The molecule has 0 unspecified atom stereocenters. The number of hydrogen-bond acceptors (Lipinski definition) is 5. The van der Waals surface area contributed by atoms with Crippen LogP contribution in [0.5, 0.6) is 0 Å². The molecule has 5 nitrogen and oxygen atoms in total. The van der Waals surface area contributed by atoms with Gasteiger partial charge in [-0.05, 0) is 11.6 Å². The van der Waals surface area contributed by atoms with Crippen molar-refractivity contribution in [3.8, 4) is 0 Å². The Balaban J connectivity index is 3.09. The molecular weight excluding hydrogens is 185 g/mol. The summed E-state index contributed by atoms with van der Waals surface area (Å²) in [5.41, 5.74) is 10.1. The van der Waals surface area contributed by atoms with Gasteiger partial charge in [0.1, 0.15) is 0 Å². The van der Waals surface area contributed by atoms with Crippen LogP contribution in [0.2, 0.25) is 5.28 Å². The second-order valence-corrected chi connectivity index (χ2v) is 2.25. The number of hydrogen-bond donors (Lipinski definition) is 3. The molecule has 12 heavy (non-hydrogen) atoms. The van der Waals surface area contributed by atoms with Crippen LogP contribution in [0.25, 0.3) is 0 Å². The number of aromatic nitrogens is 2. The predicted molar refractivity (Wildman–Crippen MR) is 44.1 cm³/mol. The topological polar surface area (TPSA) is 75.9 Å². The van der Waals surface area contributed by atoms with Gasteiger partial charge in [0.15, 0.2) is 11.6 Å². The van der Waals surface area contributed by atoms with E-state index in [4.69, 9.17) is 17.3 Å². The lowest BCUT2D eigenvalue weighted by atomic mass is 10.5. The smallest absolute Gasteiger partial charge is 0.226 e. The monoisotopic (exact) mass is 191 g/mol. The molecule has 0 atom stereocenters. The molecule has 0 aliphatic heterocycles. The molecule has 1 heterocycles. The minimum absolute atomic E-state index is 0.0741. The fraction of sp³-hybridized carbons (Fsp3) is 0.200. The van der Waals surface area contributed by atoms with Crippen LogP contribution in [0.4, 0.5) is 16.0 Å². The van der Waals surface area contributed by atoms with E-state index < -0.39 is 5.82 Å². The fourth-order valence-electron chi connectivity index (χ4n) is 0.637. The molecule has 0 saturated heterocycles. The van der Waals surface area contributed by atoms with Crippen molar-refractivity contribution in [1.29, 1.82) is 0 Å². The zero-order valence-corrected chi connectivity index (χ0v) is 6.98. The molecule has 0 amide bonds. The maximum absolute atomic E-state index is 13.0. The van der Waals surface area contributed by atoms with Crippen molar-refractivity contribution in [2.24, 2.45) is 0 Å². The molecule has 66 valence electrons. The summed E-state index contributed by atoms with van der Waals surface area (Å²) in [6, 6.07) is 0. The minimum Gasteiger partial charge on any atom is -0.381 e. The van der Waals surface area contributed by atoms with E-state index in [1.807, 2.05) is 0 Å². The Hall–Kier alpha value is -1.14. The van der Waals surface area contributed by atoms with Gasteiger partial charge >= 0.3 is 0 Å². The lowest BCUT2D eigenvalue weighted by Gasteiger charge is -2.05. The molecule has 4 N–H and O–H groups in total. The summed E-state index contributed by atoms with van der Waals surface area (Å²) in [6.07, 6.45) is 0. The molecule has 0 radical (unpaired) electrons. The second-order valence-electron chi connectivity index (χ2n) is 1.92. The van der Waals surface area contributed by atoms with Gasteiger partial charge in [0.25, 0.3) is 0 Å². The number of rotatable bonds is 2. The van der Waals surface area contributed by atoms with Crippen molar-refractivity contribution in [2.75, 3.05) is 18.2 Å². The van der Waals surface area contributed by atoms with Crippen molar-refractivity contribution in [3.63, 3.8) is 0 Å². The first kappa shape index (κ1) is 8.95. The Bertz CT molecular complexity index is 291. The number of nitrogens with two attached hydrogens (primary N) is 1.